The molecule has 31 heavy (non-hydrogen) atoms. The van der Waals surface area contributed by atoms with E-state index in [4.69, 9.17) is 11.6 Å². The van der Waals surface area contributed by atoms with E-state index in [-0.39, 0.29) is 11.6 Å². The number of aromatic nitrogens is 4. The third kappa shape index (κ3) is 4.49. The number of nitrogens with zero attached hydrogens (tertiary/aromatic N) is 5. The quantitative estimate of drug-likeness (QED) is 0.462. The van der Waals surface area contributed by atoms with Crippen LogP contribution in [0.1, 0.15) is 10.5 Å². The van der Waals surface area contributed by atoms with Gasteiger partial charge in [0.05, 0.1) is 36.2 Å². The number of nitrogens with one attached hydrogen (secondary N) is 1. The van der Waals surface area contributed by atoms with Gasteiger partial charge in [-0.3, -0.25) is 13.9 Å². The maximum Gasteiger partial charge on any atom is 0.278 e. The zero-order chi connectivity index (χ0) is 22.2. The van der Waals surface area contributed by atoms with Gasteiger partial charge in [0.15, 0.2) is 5.65 Å². The molecule has 1 aromatic carbocycles. The summed E-state index contributed by atoms with van der Waals surface area (Å²) in [6, 6.07) is 10.2. The number of halogens is 1. The highest BCUT2D eigenvalue weighted by Crippen LogP contribution is 2.24. The van der Waals surface area contributed by atoms with E-state index in [2.05, 4.69) is 19.7 Å². The molecule has 0 aliphatic carbocycles. The third-order valence-electron chi connectivity index (χ3n) is 4.50. The fraction of sp³-hybridized carbons (Fsp3) is 0.100. The second-order valence-electron chi connectivity index (χ2n) is 6.80. The van der Waals surface area contributed by atoms with Gasteiger partial charge in [-0.2, -0.15) is 0 Å². The van der Waals surface area contributed by atoms with Gasteiger partial charge in [-0.25, -0.2) is 23.4 Å². The fourth-order valence-electron chi connectivity index (χ4n) is 2.99. The minimum Gasteiger partial charge on any atom is -0.309 e. The molecule has 3 aromatic heterocycles. The Morgan fingerprint density at radius 1 is 1.03 bits per heavy atom. The first kappa shape index (κ1) is 20.8. The van der Waals surface area contributed by atoms with Crippen molar-refractivity contribution in [2.45, 2.75) is 0 Å². The maximum atomic E-state index is 12.9. The summed E-state index contributed by atoms with van der Waals surface area (Å²) in [7, 11) is -1.73. The van der Waals surface area contributed by atoms with Crippen LogP contribution in [0.5, 0.6) is 0 Å². The zero-order valence-corrected chi connectivity index (χ0v) is 18.1. The predicted molar refractivity (Wildman–Crippen MR) is 119 cm³/mol. The standard InChI is InChI=1S/C20H17ClN6O3S/c1-26(15-7-8-18(21)23-9-15)20(28)16-12-27-17(10-24-19(27)11-22-16)13-3-5-14(6-4-13)25-31(2,29)30/h3-12,25H,1-2H3. The lowest BCUT2D eigenvalue weighted by Crippen LogP contribution is -2.27. The molecule has 0 fully saturated rings. The average molecular weight is 457 g/mol. The highest BCUT2D eigenvalue weighted by molar-refractivity contribution is 7.92. The molecule has 4 aromatic rings. The summed E-state index contributed by atoms with van der Waals surface area (Å²) in [4.78, 5) is 26.9. The predicted octanol–water partition coefficient (Wildman–Crippen LogP) is 3.09. The third-order valence-corrected chi connectivity index (χ3v) is 5.33. The van der Waals surface area contributed by atoms with E-state index in [1.54, 1.807) is 60.2 Å². The van der Waals surface area contributed by atoms with Crippen molar-refractivity contribution >= 4 is 44.6 Å². The first-order valence-corrected chi connectivity index (χ1v) is 11.3. The molecule has 11 heteroatoms. The number of rotatable bonds is 5. The zero-order valence-electron chi connectivity index (χ0n) is 16.5. The molecular weight excluding hydrogens is 440 g/mol. The monoisotopic (exact) mass is 456 g/mol. The number of carbonyl (C=O) groups excluding carboxylic acids is 1. The molecule has 158 valence electrons. The Morgan fingerprint density at radius 3 is 2.42 bits per heavy atom. The molecule has 4 rings (SSSR count). The van der Waals surface area contributed by atoms with Crippen LogP contribution in [0.15, 0.2) is 61.2 Å². The Hall–Kier alpha value is -3.50. The SMILES string of the molecule is CN(C(=O)c1cn2c(-c3ccc(NS(C)(=O)=O)cc3)cnc2cn1)c1ccc(Cl)nc1. The van der Waals surface area contributed by atoms with E-state index >= 15 is 0 Å². The van der Waals surface area contributed by atoms with Crippen molar-refractivity contribution in [2.24, 2.45) is 0 Å². The summed E-state index contributed by atoms with van der Waals surface area (Å²) >= 11 is 5.81. The van der Waals surface area contributed by atoms with Crippen molar-refractivity contribution in [1.29, 1.82) is 0 Å². The van der Waals surface area contributed by atoms with Crippen molar-refractivity contribution in [3.05, 3.63) is 72.0 Å². The van der Waals surface area contributed by atoms with Crippen LogP contribution >= 0.6 is 11.6 Å². The Labute approximate surface area is 183 Å². The number of carbonyl (C=O) groups is 1. The Bertz CT molecular complexity index is 1370. The van der Waals surface area contributed by atoms with Gasteiger partial charge < -0.3 is 4.90 Å². The van der Waals surface area contributed by atoms with Crippen LogP contribution in [0.2, 0.25) is 5.15 Å². The number of fused-ring (bicyclic) bond motifs is 1. The van der Waals surface area contributed by atoms with Gasteiger partial charge in [-0.15, -0.1) is 0 Å². The number of sulfonamides is 1. The topological polar surface area (TPSA) is 110 Å². The summed E-state index contributed by atoms with van der Waals surface area (Å²) in [5, 5.41) is 0.338. The molecule has 0 bridgehead atoms. The second kappa shape index (κ2) is 7.97. The second-order valence-corrected chi connectivity index (χ2v) is 8.93. The first-order chi connectivity index (χ1) is 14.7. The number of imidazole rings is 1. The molecule has 0 radical (unpaired) electrons. The molecule has 0 aliphatic rings. The van der Waals surface area contributed by atoms with Crippen molar-refractivity contribution in [1.82, 2.24) is 19.4 Å². The van der Waals surface area contributed by atoms with E-state index in [1.807, 2.05) is 0 Å². The van der Waals surface area contributed by atoms with E-state index in [0.717, 1.165) is 17.5 Å². The van der Waals surface area contributed by atoms with Gasteiger partial charge in [0.2, 0.25) is 10.0 Å². The van der Waals surface area contributed by atoms with Crippen LogP contribution < -0.4 is 9.62 Å². The lowest BCUT2D eigenvalue weighted by molar-refractivity contribution is 0.0987. The van der Waals surface area contributed by atoms with Gasteiger partial charge in [0, 0.05) is 24.5 Å². The van der Waals surface area contributed by atoms with Crippen molar-refractivity contribution in [3.63, 3.8) is 0 Å². The Morgan fingerprint density at radius 2 is 1.77 bits per heavy atom. The molecule has 0 unspecified atom stereocenters. The minimum atomic E-state index is -3.36. The molecule has 0 saturated carbocycles. The van der Waals surface area contributed by atoms with Crippen molar-refractivity contribution in [3.8, 4) is 11.3 Å². The number of pyridine rings is 1. The van der Waals surface area contributed by atoms with Gasteiger partial charge >= 0.3 is 0 Å². The number of hydrogen-bond donors (Lipinski definition) is 1. The molecule has 0 spiro atoms. The molecule has 1 N–H and O–H groups in total. The summed E-state index contributed by atoms with van der Waals surface area (Å²) in [5.74, 6) is -0.321. The maximum absolute atomic E-state index is 12.9. The van der Waals surface area contributed by atoms with E-state index in [9.17, 15) is 13.2 Å². The van der Waals surface area contributed by atoms with Gasteiger partial charge in [-0.05, 0) is 24.3 Å². The average Bonchev–Trinajstić information content (AvgIpc) is 3.16. The van der Waals surface area contributed by atoms with Crippen LogP contribution in [0, 0.1) is 0 Å². The van der Waals surface area contributed by atoms with E-state index in [1.165, 1.54) is 17.3 Å². The fourth-order valence-corrected chi connectivity index (χ4v) is 3.67. The molecule has 1 amide bonds. The smallest absolute Gasteiger partial charge is 0.278 e. The molecular formula is C20H17ClN6O3S. The summed E-state index contributed by atoms with van der Waals surface area (Å²) < 4.78 is 27.0. The van der Waals surface area contributed by atoms with Crippen molar-refractivity contribution < 1.29 is 13.2 Å². The number of amides is 1. The molecule has 9 nitrogen and oxygen atoms in total. The lowest BCUT2D eigenvalue weighted by atomic mass is 10.1. The lowest BCUT2D eigenvalue weighted by Gasteiger charge is -2.16. The van der Waals surface area contributed by atoms with Crippen molar-refractivity contribution in [2.75, 3.05) is 22.9 Å². The van der Waals surface area contributed by atoms with Gasteiger partial charge in [-0.1, -0.05) is 23.7 Å². The van der Waals surface area contributed by atoms with E-state index in [0.29, 0.717) is 22.2 Å². The Balaban J connectivity index is 1.66. The molecule has 0 atom stereocenters. The molecule has 3 heterocycles. The van der Waals surface area contributed by atoms with Crippen LogP contribution in [-0.2, 0) is 10.0 Å². The first-order valence-electron chi connectivity index (χ1n) is 9.02. The highest BCUT2D eigenvalue weighted by atomic mass is 35.5. The van der Waals surface area contributed by atoms with Crippen LogP contribution in [-0.4, -0.2) is 47.0 Å². The molecule has 0 aliphatic heterocycles. The highest BCUT2D eigenvalue weighted by Gasteiger charge is 2.17. The van der Waals surface area contributed by atoms with Crippen LogP contribution in [0.3, 0.4) is 0 Å². The Kier molecular flexibility index (Phi) is 5.34. The summed E-state index contributed by atoms with van der Waals surface area (Å²) in [6.07, 6.45) is 7.39. The normalized spacial score (nSPS) is 11.5. The summed E-state index contributed by atoms with van der Waals surface area (Å²) in [6.45, 7) is 0. The number of hydrogen-bond acceptors (Lipinski definition) is 6. The van der Waals surface area contributed by atoms with Gasteiger partial charge in [0.25, 0.3) is 5.91 Å². The summed E-state index contributed by atoms with van der Waals surface area (Å²) in [5.41, 5.74) is 3.35. The molecule has 0 saturated heterocycles. The number of benzene rings is 1. The van der Waals surface area contributed by atoms with Gasteiger partial charge in [0.1, 0.15) is 10.8 Å². The largest absolute Gasteiger partial charge is 0.309 e. The van der Waals surface area contributed by atoms with Crippen LogP contribution in [0.4, 0.5) is 11.4 Å². The van der Waals surface area contributed by atoms with E-state index < -0.39 is 10.0 Å². The van der Waals surface area contributed by atoms with Crippen LogP contribution in [0.25, 0.3) is 16.9 Å². The number of anilines is 2. The minimum absolute atomic E-state index is 0.222.